The third-order valence-corrected chi connectivity index (χ3v) is 7.54. The van der Waals surface area contributed by atoms with Crippen molar-refractivity contribution >= 4 is 28.6 Å². The average molecular weight is 482 g/mol. The zero-order valence-corrected chi connectivity index (χ0v) is 21.3. The first kappa shape index (κ1) is 25.2. The summed E-state index contributed by atoms with van der Waals surface area (Å²) >= 11 is 0. The summed E-state index contributed by atoms with van der Waals surface area (Å²) in [5.74, 6) is 0.469. The highest BCUT2D eigenvalue weighted by molar-refractivity contribution is 5.98. The molecule has 2 saturated heterocycles. The molecule has 1 amide bonds. The third kappa shape index (κ3) is 5.37. The van der Waals surface area contributed by atoms with Crippen LogP contribution in [0.2, 0.25) is 0 Å². The predicted molar refractivity (Wildman–Crippen MR) is 137 cm³/mol. The van der Waals surface area contributed by atoms with E-state index in [0.717, 1.165) is 68.2 Å². The number of likely N-dealkylation sites (tertiary alicyclic amines) is 2. The summed E-state index contributed by atoms with van der Waals surface area (Å²) in [7, 11) is 0. The normalized spacial score (nSPS) is 22.7. The summed E-state index contributed by atoms with van der Waals surface area (Å²) < 4.78 is 7.42. The van der Waals surface area contributed by atoms with E-state index in [1.54, 1.807) is 6.92 Å². The minimum Gasteiger partial charge on any atom is -0.465 e. The number of amidine groups is 1. The van der Waals surface area contributed by atoms with Crippen LogP contribution in [-0.4, -0.2) is 70.4 Å². The Kier molecular flexibility index (Phi) is 7.79. The first-order valence-corrected chi connectivity index (χ1v) is 13.0. The molecule has 3 heterocycles. The summed E-state index contributed by atoms with van der Waals surface area (Å²) in [6.45, 7) is 9.11. The topological polar surface area (TPSA) is 105 Å². The third-order valence-electron chi connectivity index (χ3n) is 7.54. The molecule has 2 unspecified atom stereocenters. The van der Waals surface area contributed by atoms with Gasteiger partial charge in [-0.15, -0.1) is 0 Å². The van der Waals surface area contributed by atoms with Crippen LogP contribution in [-0.2, 0) is 27.3 Å². The number of amides is 1. The molecule has 4 rings (SSSR count). The number of aromatic nitrogens is 1. The number of esters is 1. The van der Waals surface area contributed by atoms with Gasteiger partial charge in [0.25, 0.3) is 0 Å². The molecule has 3 atom stereocenters. The number of benzene rings is 1. The maximum absolute atomic E-state index is 13.6. The van der Waals surface area contributed by atoms with E-state index < -0.39 is 0 Å². The molecule has 8 heteroatoms. The van der Waals surface area contributed by atoms with Gasteiger partial charge in [0.2, 0.25) is 5.91 Å². The van der Waals surface area contributed by atoms with Crippen molar-refractivity contribution in [2.24, 2.45) is 11.7 Å². The van der Waals surface area contributed by atoms with Gasteiger partial charge in [0.05, 0.1) is 19.2 Å². The van der Waals surface area contributed by atoms with E-state index in [1.807, 2.05) is 23.1 Å². The van der Waals surface area contributed by atoms with Crippen LogP contribution in [0.5, 0.6) is 0 Å². The summed E-state index contributed by atoms with van der Waals surface area (Å²) in [5.41, 5.74) is 8.80. The van der Waals surface area contributed by atoms with Crippen molar-refractivity contribution in [3.63, 3.8) is 0 Å². The summed E-state index contributed by atoms with van der Waals surface area (Å²) in [6.07, 6.45) is 4.55. The van der Waals surface area contributed by atoms with E-state index in [-0.39, 0.29) is 36.3 Å². The van der Waals surface area contributed by atoms with Crippen molar-refractivity contribution in [3.05, 3.63) is 35.5 Å². The highest BCUT2D eigenvalue weighted by Gasteiger charge is 2.40. The first-order valence-electron chi connectivity index (χ1n) is 13.0. The molecule has 0 bridgehead atoms. The number of fused-ring (bicyclic) bond motifs is 1. The minimum absolute atomic E-state index is 0.0790. The smallest absolute Gasteiger partial charge is 0.320 e. The quantitative estimate of drug-likeness (QED) is 0.325. The van der Waals surface area contributed by atoms with Crippen LogP contribution in [0.15, 0.2) is 24.3 Å². The van der Waals surface area contributed by atoms with Gasteiger partial charge < -0.3 is 19.9 Å². The maximum Gasteiger partial charge on any atom is 0.320 e. The maximum atomic E-state index is 13.6. The number of hydrogen-bond donors (Lipinski definition) is 2. The number of aryl methyl sites for hydroxylation is 2. The number of carbonyl (C=O) groups is 2. The van der Waals surface area contributed by atoms with E-state index in [9.17, 15) is 9.59 Å². The fourth-order valence-corrected chi connectivity index (χ4v) is 5.93. The van der Waals surface area contributed by atoms with Gasteiger partial charge in [0, 0.05) is 35.9 Å². The molecule has 1 aromatic heterocycles. The molecule has 0 aliphatic carbocycles. The molecule has 0 radical (unpaired) electrons. The van der Waals surface area contributed by atoms with Gasteiger partial charge in [-0.3, -0.25) is 19.9 Å². The van der Waals surface area contributed by atoms with Crippen molar-refractivity contribution in [2.45, 2.75) is 71.5 Å². The van der Waals surface area contributed by atoms with Gasteiger partial charge in [0.15, 0.2) is 0 Å². The molecular weight excluding hydrogens is 442 g/mol. The lowest BCUT2D eigenvalue weighted by molar-refractivity contribution is -0.146. The fraction of sp³-hybridized carbons (Fsp3) is 0.593. The van der Waals surface area contributed by atoms with Crippen molar-refractivity contribution < 1.29 is 14.3 Å². The van der Waals surface area contributed by atoms with Crippen LogP contribution in [0.25, 0.3) is 10.9 Å². The molecule has 0 saturated carbocycles. The average Bonchev–Trinajstić information content (AvgIpc) is 3.53. The zero-order chi connectivity index (χ0) is 25.1. The van der Waals surface area contributed by atoms with Crippen LogP contribution < -0.4 is 5.73 Å². The molecule has 2 aliphatic heterocycles. The van der Waals surface area contributed by atoms with Gasteiger partial charge >= 0.3 is 5.97 Å². The Bertz CT molecular complexity index is 1090. The monoisotopic (exact) mass is 481 g/mol. The lowest BCUT2D eigenvalue weighted by atomic mass is 10.0. The van der Waals surface area contributed by atoms with Crippen LogP contribution >= 0.6 is 0 Å². The van der Waals surface area contributed by atoms with E-state index in [1.165, 1.54) is 5.69 Å². The van der Waals surface area contributed by atoms with E-state index in [2.05, 4.69) is 29.4 Å². The Balaban J connectivity index is 1.47. The summed E-state index contributed by atoms with van der Waals surface area (Å²) in [4.78, 5) is 29.8. The molecule has 8 nitrogen and oxygen atoms in total. The Morgan fingerprint density at radius 1 is 1.23 bits per heavy atom. The second-order valence-electron chi connectivity index (χ2n) is 10.0. The largest absolute Gasteiger partial charge is 0.465 e. The van der Waals surface area contributed by atoms with Crippen molar-refractivity contribution in [2.75, 3.05) is 26.2 Å². The molecule has 190 valence electrons. The highest BCUT2D eigenvalue weighted by atomic mass is 16.5. The number of nitrogens with one attached hydrogen (secondary N) is 1. The molecule has 2 aliphatic rings. The van der Waals surface area contributed by atoms with Gasteiger partial charge in [-0.05, 0) is 75.9 Å². The number of ether oxygens (including phenoxy) is 1. The lowest BCUT2D eigenvalue weighted by Gasteiger charge is -2.31. The van der Waals surface area contributed by atoms with Gasteiger partial charge in [-0.25, -0.2) is 0 Å². The van der Waals surface area contributed by atoms with Gasteiger partial charge in [-0.1, -0.05) is 19.1 Å². The summed E-state index contributed by atoms with van der Waals surface area (Å²) in [5, 5.41) is 8.92. The lowest BCUT2D eigenvalue weighted by Crippen LogP contribution is -2.49. The molecule has 0 spiro atoms. The van der Waals surface area contributed by atoms with Crippen LogP contribution in [0.3, 0.4) is 0 Å². The number of hydrogen-bond acceptors (Lipinski definition) is 5. The number of carbonyl (C=O) groups excluding carboxylic acids is 2. The predicted octanol–water partition coefficient (Wildman–Crippen LogP) is 3.14. The Morgan fingerprint density at radius 2 is 2.03 bits per heavy atom. The van der Waals surface area contributed by atoms with E-state index >= 15 is 0 Å². The second kappa shape index (κ2) is 10.8. The first-order chi connectivity index (χ1) is 16.8. The van der Waals surface area contributed by atoms with E-state index in [0.29, 0.717) is 12.5 Å². The van der Waals surface area contributed by atoms with Gasteiger partial charge in [-0.2, -0.15) is 0 Å². The number of nitrogens with two attached hydrogens (primary N) is 1. The van der Waals surface area contributed by atoms with Crippen LogP contribution in [0.1, 0.15) is 57.7 Å². The van der Waals surface area contributed by atoms with E-state index in [4.69, 9.17) is 15.9 Å². The molecule has 2 aromatic rings. The number of nitrogen functional groups attached to an aromatic ring is 1. The standard InChI is InChI=1S/C27H39N5O3/c1-4-31-22(14-19-8-9-20(26(28)29)15-24(19)31)11-10-21-13-18(3)16-32(21)27(34)23-7-6-12-30(23)17-25(33)35-5-2/h8-9,14-15,18,21,23H,4-7,10-13,16-17H2,1-3H3,(H3,28,29)/t18?,21?,23-/m1/s1. The van der Waals surface area contributed by atoms with Crippen LogP contribution in [0, 0.1) is 11.3 Å². The molecule has 3 N–H and O–H groups in total. The molecular formula is C27H39N5O3. The molecule has 35 heavy (non-hydrogen) atoms. The molecule has 1 aromatic carbocycles. The highest BCUT2D eigenvalue weighted by Crippen LogP contribution is 2.31. The van der Waals surface area contributed by atoms with Gasteiger partial charge in [0.1, 0.15) is 5.84 Å². The summed E-state index contributed by atoms with van der Waals surface area (Å²) in [6, 6.07) is 8.14. The van der Waals surface area contributed by atoms with Crippen molar-refractivity contribution in [3.8, 4) is 0 Å². The Morgan fingerprint density at radius 3 is 2.74 bits per heavy atom. The number of rotatable bonds is 9. The Labute approximate surface area is 207 Å². The van der Waals surface area contributed by atoms with Crippen molar-refractivity contribution in [1.82, 2.24) is 14.4 Å². The molecule has 2 fully saturated rings. The van der Waals surface area contributed by atoms with Crippen molar-refractivity contribution in [1.29, 1.82) is 5.41 Å². The SMILES string of the molecule is CCOC(=O)CN1CCC[C@@H]1C(=O)N1CC(C)CC1CCc1cc2ccc(C(=N)N)cc2n1CC. The van der Waals surface area contributed by atoms with Crippen LogP contribution in [0.4, 0.5) is 0 Å². The number of nitrogens with zero attached hydrogens (tertiary/aromatic N) is 3. The second-order valence-corrected chi connectivity index (χ2v) is 10.0. The Hall–Kier alpha value is -2.87. The minimum atomic E-state index is -0.251. The zero-order valence-electron chi connectivity index (χ0n) is 21.3. The fourth-order valence-electron chi connectivity index (χ4n) is 5.93.